The molecular weight excluding hydrogens is 400 g/mol. The summed E-state index contributed by atoms with van der Waals surface area (Å²) < 4.78 is 0.898. The maximum atomic E-state index is 13.0. The highest BCUT2D eigenvalue weighted by molar-refractivity contribution is 9.10. The number of aryl methyl sites for hydroxylation is 1. The fraction of sp³-hybridized carbons (Fsp3) is 0.111. The second kappa shape index (κ2) is 6.06. The van der Waals surface area contributed by atoms with E-state index < -0.39 is 11.0 Å². The molecule has 8 heteroatoms. The zero-order valence-electron chi connectivity index (χ0n) is 13.6. The van der Waals surface area contributed by atoms with Gasteiger partial charge < -0.3 is 0 Å². The van der Waals surface area contributed by atoms with Gasteiger partial charge in [-0.2, -0.15) is 5.10 Å². The molecule has 0 saturated carbocycles. The molecular formula is C18H13BrN4O3. The molecule has 1 N–H and O–H groups in total. The van der Waals surface area contributed by atoms with Gasteiger partial charge in [-0.3, -0.25) is 24.9 Å². The quantitative estimate of drug-likeness (QED) is 0.516. The second-order valence-electron chi connectivity index (χ2n) is 6.02. The first kappa shape index (κ1) is 16.5. The molecule has 7 nitrogen and oxygen atoms in total. The van der Waals surface area contributed by atoms with E-state index in [0.717, 1.165) is 15.7 Å². The number of nitrogens with one attached hydrogen (secondary N) is 1. The summed E-state index contributed by atoms with van der Waals surface area (Å²) in [5, 5.41) is 18.2. The van der Waals surface area contributed by atoms with Gasteiger partial charge in [-0.15, -0.1) is 0 Å². The summed E-state index contributed by atoms with van der Waals surface area (Å²) in [5.41, 5.74) is 3.22. The maximum Gasteiger partial charge on any atom is 0.279 e. The number of nitrogens with zero attached hydrogens (tertiary/aromatic N) is 3. The number of hydrogen-bond donors (Lipinski definition) is 1. The molecule has 0 saturated heterocycles. The van der Waals surface area contributed by atoms with Gasteiger partial charge in [-0.1, -0.05) is 28.1 Å². The zero-order chi connectivity index (χ0) is 18.4. The van der Waals surface area contributed by atoms with Crippen LogP contribution in [0, 0.1) is 17.0 Å². The summed E-state index contributed by atoms with van der Waals surface area (Å²) in [6.45, 7) is 1.84. The molecule has 1 aliphatic rings. The number of H-pyrrole nitrogens is 1. The number of carbonyl (C=O) groups excluding carboxylic acids is 1. The van der Waals surface area contributed by atoms with Gasteiger partial charge in [-0.05, 0) is 36.8 Å². The number of non-ortho nitro benzene ring substituents is 1. The highest BCUT2D eigenvalue weighted by atomic mass is 79.9. The van der Waals surface area contributed by atoms with Crippen LogP contribution >= 0.6 is 15.9 Å². The first-order valence-corrected chi connectivity index (χ1v) is 8.65. The summed E-state index contributed by atoms with van der Waals surface area (Å²) in [7, 11) is 0. The Morgan fingerprint density at radius 2 is 1.96 bits per heavy atom. The maximum absolute atomic E-state index is 13.0. The summed E-state index contributed by atoms with van der Waals surface area (Å²) >= 11 is 3.39. The highest BCUT2D eigenvalue weighted by Crippen LogP contribution is 2.43. The Hall–Kier alpha value is -3.00. The van der Waals surface area contributed by atoms with Gasteiger partial charge in [0, 0.05) is 33.6 Å². The SMILES string of the molecule is Cc1[nH]nc2c1[C@@H](c1cccc([N+](=O)[O-])c1)N(c1ccc(Br)cc1)C2=O. The van der Waals surface area contributed by atoms with Gasteiger partial charge in [0.2, 0.25) is 0 Å². The van der Waals surface area contributed by atoms with Crippen LogP contribution in [0.5, 0.6) is 0 Å². The number of nitro benzene ring substituents is 1. The summed E-state index contributed by atoms with van der Waals surface area (Å²) in [6, 6.07) is 13.2. The van der Waals surface area contributed by atoms with E-state index >= 15 is 0 Å². The average molecular weight is 413 g/mol. The molecule has 130 valence electrons. The largest absolute Gasteiger partial charge is 0.295 e. The van der Waals surface area contributed by atoms with Crippen LogP contribution in [-0.4, -0.2) is 21.0 Å². The number of aromatic nitrogens is 2. The highest BCUT2D eigenvalue weighted by Gasteiger charge is 2.42. The minimum atomic E-state index is -0.475. The Kier molecular flexibility index (Phi) is 3.84. The van der Waals surface area contributed by atoms with Gasteiger partial charge in [0.1, 0.15) is 0 Å². The standard InChI is InChI=1S/C18H13BrN4O3/c1-10-15-16(21-20-10)18(24)22(13-7-5-12(19)6-8-13)17(15)11-3-2-4-14(9-11)23(25)26/h2-9,17H,1H3,(H,20,21)/t17-/m1/s1. The number of aromatic amines is 1. The van der Waals surface area contributed by atoms with Crippen LogP contribution in [0.1, 0.15) is 33.4 Å². The van der Waals surface area contributed by atoms with Crippen LogP contribution in [0.2, 0.25) is 0 Å². The van der Waals surface area contributed by atoms with Crippen molar-refractivity contribution < 1.29 is 9.72 Å². The van der Waals surface area contributed by atoms with Crippen LogP contribution in [0.25, 0.3) is 0 Å². The van der Waals surface area contributed by atoms with Gasteiger partial charge in [0.25, 0.3) is 11.6 Å². The molecule has 0 bridgehead atoms. The number of anilines is 1. The first-order valence-electron chi connectivity index (χ1n) is 7.85. The molecule has 0 fully saturated rings. The monoisotopic (exact) mass is 412 g/mol. The topological polar surface area (TPSA) is 92.1 Å². The van der Waals surface area contributed by atoms with Crippen molar-refractivity contribution in [3.63, 3.8) is 0 Å². The number of hydrogen-bond acceptors (Lipinski definition) is 4. The number of nitro groups is 1. The predicted molar refractivity (Wildman–Crippen MR) is 99.2 cm³/mol. The lowest BCUT2D eigenvalue weighted by atomic mass is 9.98. The van der Waals surface area contributed by atoms with E-state index in [1.54, 1.807) is 17.0 Å². The predicted octanol–water partition coefficient (Wildman–Crippen LogP) is 4.14. The van der Waals surface area contributed by atoms with Crippen molar-refractivity contribution in [2.45, 2.75) is 13.0 Å². The van der Waals surface area contributed by atoms with E-state index in [1.165, 1.54) is 12.1 Å². The molecule has 1 aromatic heterocycles. The van der Waals surface area contributed by atoms with Gasteiger partial charge in [0.15, 0.2) is 5.69 Å². The smallest absolute Gasteiger partial charge is 0.279 e. The van der Waals surface area contributed by atoms with Crippen LogP contribution in [-0.2, 0) is 0 Å². The van der Waals surface area contributed by atoms with Crippen molar-refractivity contribution in [2.24, 2.45) is 0 Å². The molecule has 1 amide bonds. The third-order valence-electron chi connectivity index (χ3n) is 4.45. The van der Waals surface area contributed by atoms with E-state index in [1.807, 2.05) is 31.2 Å². The van der Waals surface area contributed by atoms with Crippen LogP contribution < -0.4 is 4.90 Å². The molecule has 0 radical (unpaired) electrons. The van der Waals surface area contributed by atoms with Crippen LogP contribution in [0.15, 0.2) is 53.0 Å². The first-order chi connectivity index (χ1) is 12.5. The number of fused-ring (bicyclic) bond motifs is 1. The molecule has 1 aliphatic heterocycles. The van der Waals surface area contributed by atoms with Crippen LogP contribution in [0.4, 0.5) is 11.4 Å². The minimum absolute atomic E-state index is 0.0136. The number of amides is 1. The van der Waals surface area contributed by atoms with E-state index in [2.05, 4.69) is 26.1 Å². The number of carbonyl (C=O) groups is 1. The molecule has 26 heavy (non-hydrogen) atoms. The van der Waals surface area contributed by atoms with Gasteiger partial charge in [-0.25, -0.2) is 0 Å². The molecule has 4 rings (SSSR count). The van der Waals surface area contributed by atoms with Crippen molar-refractivity contribution in [3.8, 4) is 0 Å². The van der Waals surface area contributed by atoms with E-state index in [4.69, 9.17) is 0 Å². The minimum Gasteiger partial charge on any atom is -0.295 e. The Morgan fingerprint density at radius 1 is 1.23 bits per heavy atom. The van der Waals surface area contributed by atoms with Gasteiger partial charge >= 0.3 is 0 Å². The van der Waals surface area contributed by atoms with Crippen molar-refractivity contribution in [2.75, 3.05) is 4.90 Å². The Labute approximate surface area is 156 Å². The van der Waals surface area contributed by atoms with Crippen molar-refractivity contribution in [3.05, 3.63) is 85.6 Å². The Balaban J connectivity index is 1.91. The third-order valence-corrected chi connectivity index (χ3v) is 4.98. The van der Waals surface area contributed by atoms with E-state index in [-0.39, 0.29) is 11.6 Å². The molecule has 0 spiro atoms. The van der Waals surface area contributed by atoms with Crippen molar-refractivity contribution in [1.82, 2.24) is 10.2 Å². The third kappa shape index (κ3) is 2.50. The lowest BCUT2D eigenvalue weighted by Crippen LogP contribution is -2.29. The second-order valence-corrected chi connectivity index (χ2v) is 6.93. The fourth-order valence-corrected chi connectivity index (χ4v) is 3.55. The number of benzene rings is 2. The molecule has 1 atom stereocenters. The van der Waals surface area contributed by atoms with E-state index in [9.17, 15) is 14.9 Å². The van der Waals surface area contributed by atoms with Crippen molar-refractivity contribution in [1.29, 1.82) is 0 Å². The lowest BCUT2D eigenvalue weighted by molar-refractivity contribution is -0.384. The fourth-order valence-electron chi connectivity index (χ4n) is 3.29. The Bertz CT molecular complexity index is 1030. The molecule has 0 aliphatic carbocycles. The zero-order valence-corrected chi connectivity index (χ0v) is 15.2. The molecule has 0 unspecified atom stereocenters. The van der Waals surface area contributed by atoms with Crippen LogP contribution in [0.3, 0.4) is 0 Å². The summed E-state index contributed by atoms with van der Waals surface area (Å²) in [6.07, 6.45) is 0. The van der Waals surface area contributed by atoms with E-state index in [0.29, 0.717) is 16.9 Å². The average Bonchev–Trinajstić information content (AvgIpc) is 3.14. The number of rotatable bonds is 3. The Morgan fingerprint density at radius 3 is 2.65 bits per heavy atom. The molecule has 3 aromatic rings. The van der Waals surface area contributed by atoms with Gasteiger partial charge in [0.05, 0.1) is 11.0 Å². The molecule has 2 heterocycles. The normalized spacial score (nSPS) is 16.0. The summed E-state index contributed by atoms with van der Waals surface area (Å²) in [5.74, 6) is -0.233. The molecule has 2 aromatic carbocycles. The van der Waals surface area contributed by atoms with Crippen molar-refractivity contribution >= 4 is 33.2 Å². The number of halogens is 1. The lowest BCUT2D eigenvalue weighted by Gasteiger charge is -2.26. The summed E-state index contributed by atoms with van der Waals surface area (Å²) in [4.78, 5) is 25.4.